The predicted octanol–water partition coefficient (Wildman–Crippen LogP) is 3.38. The minimum Gasteiger partial charge on any atom is -0.312 e. The fraction of sp³-hybridized carbons (Fsp3) is 0.400. The summed E-state index contributed by atoms with van der Waals surface area (Å²) >= 11 is 1.49. The zero-order chi connectivity index (χ0) is 19.0. The number of benzene rings is 1. The maximum absolute atomic E-state index is 13.2. The van der Waals surface area contributed by atoms with Crippen molar-refractivity contribution in [2.45, 2.75) is 44.7 Å². The average molecular weight is 382 g/mol. The highest BCUT2D eigenvalue weighted by Gasteiger charge is 2.23. The molecule has 1 amide bonds. The van der Waals surface area contributed by atoms with Gasteiger partial charge in [-0.2, -0.15) is 4.98 Å². The van der Waals surface area contributed by atoms with Crippen LogP contribution in [0.25, 0.3) is 5.78 Å². The fourth-order valence-electron chi connectivity index (χ4n) is 3.73. The summed E-state index contributed by atoms with van der Waals surface area (Å²) in [7, 11) is 0. The Hall–Kier alpha value is -2.41. The molecule has 0 fully saturated rings. The third-order valence-electron chi connectivity index (χ3n) is 5.20. The minimum absolute atomic E-state index is 0.113. The zero-order valence-electron chi connectivity index (χ0n) is 15.9. The van der Waals surface area contributed by atoms with Gasteiger partial charge in [0.15, 0.2) is 0 Å². The van der Waals surface area contributed by atoms with Crippen LogP contribution in [0.15, 0.2) is 29.4 Å². The number of carbonyl (C=O) groups is 1. The molecule has 7 heteroatoms. The highest BCUT2D eigenvalue weighted by atomic mass is 32.2. The molecule has 27 heavy (non-hydrogen) atoms. The fourth-order valence-corrected chi connectivity index (χ4v) is 4.07. The number of rotatable bonds is 3. The molecule has 3 heterocycles. The van der Waals surface area contributed by atoms with Gasteiger partial charge in [-0.05, 0) is 51.0 Å². The number of thioether (sulfide) groups is 1. The van der Waals surface area contributed by atoms with Crippen LogP contribution in [0.2, 0.25) is 0 Å². The van der Waals surface area contributed by atoms with Gasteiger partial charge in [0.05, 0.1) is 6.42 Å². The van der Waals surface area contributed by atoms with Crippen molar-refractivity contribution in [3.05, 3.63) is 46.8 Å². The Morgan fingerprint density at radius 3 is 2.81 bits per heavy atom. The molecule has 1 aromatic carbocycles. The van der Waals surface area contributed by atoms with Crippen LogP contribution >= 0.6 is 11.8 Å². The van der Waals surface area contributed by atoms with Crippen molar-refractivity contribution in [3.8, 4) is 0 Å². The van der Waals surface area contributed by atoms with Crippen LogP contribution < -0.4 is 4.90 Å². The van der Waals surface area contributed by atoms with Gasteiger partial charge in [0.1, 0.15) is 0 Å². The largest absolute Gasteiger partial charge is 0.312 e. The van der Waals surface area contributed by atoms with E-state index in [2.05, 4.69) is 27.2 Å². The van der Waals surface area contributed by atoms with E-state index in [0.29, 0.717) is 17.4 Å². The van der Waals surface area contributed by atoms with Crippen molar-refractivity contribution < 1.29 is 4.79 Å². The molecule has 3 aromatic rings. The molecule has 0 saturated heterocycles. The van der Waals surface area contributed by atoms with E-state index in [-0.39, 0.29) is 5.91 Å². The molecule has 0 bridgehead atoms. The molecule has 1 aliphatic rings. The van der Waals surface area contributed by atoms with E-state index in [9.17, 15) is 4.79 Å². The number of aryl methyl sites for hydroxylation is 3. The Kier molecular flexibility index (Phi) is 4.86. The molecule has 0 saturated carbocycles. The highest BCUT2D eigenvalue weighted by Crippen LogP contribution is 2.27. The lowest BCUT2D eigenvalue weighted by atomic mass is 10.1. The third kappa shape index (κ3) is 3.32. The van der Waals surface area contributed by atoms with Crippen molar-refractivity contribution in [1.29, 1.82) is 0 Å². The second kappa shape index (κ2) is 7.31. The highest BCUT2D eigenvalue weighted by molar-refractivity contribution is 7.98. The molecule has 0 aliphatic carbocycles. The molecule has 0 N–H and O–H groups in total. The Labute approximate surface area is 163 Å². The van der Waals surface area contributed by atoms with Gasteiger partial charge in [0.25, 0.3) is 5.78 Å². The Balaban J connectivity index is 1.69. The first-order valence-corrected chi connectivity index (χ1v) is 10.5. The van der Waals surface area contributed by atoms with E-state index >= 15 is 0 Å². The number of hydrogen-bond acceptors (Lipinski definition) is 5. The summed E-state index contributed by atoms with van der Waals surface area (Å²) in [6.07, 6.45) is 5.43. The topological polar surface area (TPSA) is 63.4 Å². The van der Waals surface area contributed by atoms with Gasteiger partial charge in [-0.25, -0.2) is 9.50 Å². The number of hydrogen-bond donors (Lipinski definition) is 0. The van der Waals surface area contributed by atoms with Crippen molar-refractivity contribution in [2.75, 3.05) is 17.7 Å². The van der Waals surface area contributed by atoms with Crippen molar-refractivity contribution in [2.24, 2.45) is 0 Å². The second-order valence-electron chi connectivity index (χ2n) is 6.88. The van der Waals surface area contributed by atoms with Gasteiger partial charge in [0.2, 0.25) is 11.1 Å². The predicted molar refractivity (Wildman–Crippen MR) is 107 cm³/mol. The van der Waals surface area contributed by atoms with E-state index in [1.165, 1.54) is 17.3 Å². The van der Waals surface area contributed by atoms with E-state index in [1.54, 1.807) is 4.52 Å². The molecular weight excluding hydrogens is 358 g/mol. The van der Waals surface area contributed by atoms with E-state index < -0.39 is 0 Å². The maximum Gasteiger partial charge on any atom is 0.253 e. The van der Waals surface area contributed by atoms with Gasteiger partial charge in [-0.3, -0.25) is 4.79 Å². The molecule has 0 atom stereocenters. The number of nitrogens with zero attached hydrogens (tertiary/aromatic N) is 5. The first-order valence-electron chi connectivity index (χ1n) is 9.23. The number of aromatic nitrogens is 4. The minimum atomic E-state index is 0.113. The van der Waals surface area contributed by atoms with Crippen LogP contribution in [0.5, 0.6) is 0 Å². The van der Waals surface area contributed by atoms with Crippen LogP contribution in [0.3, 0.4) is 0 Å². The van der Waals surface area contributed by atoms with Gasteiger partial charge in [-0.1, -0.05) is 30.0 Å². The van der Waals surface area contributed by atoms with Crippen LogP contribution in [-0.2, 0) is 17.6 Å². The molecule has 140 valence electrons. The first kappa shape index (κ1) is 18.0. The molecule has 2 aromatic heterocycles. The van der Waals surface area contributed by atoms with Crippen LogP contribution in [-0.4, -0.2) is 38.3 Å². The quantitative estimate of drug-likeness (QED) is 0.651. The summed E-state index contributed by atoms with van der Waals surface area (Å²) in [6.45, 7) is 4.70. The Bertz CT molecular complexity index is 1010. The lowest BCUT2D eigenvalue weighted by Gasteiger charge is -2.23. The van der Waals surface area contributed by atoms with Crippen LogP contribution in [0, 0.1) is 13.8 Å². The Morgan fingerprint density at radius 1 is 1.19 bits per heavy atom. The average Bonchev–Trinajstić information content (AvgIpc) is 2.96. The summed E-state index contributed by atoms with van der Waals surface area (Å²) < 4.78 is 1.75. The molecule has 1 aliphatic heterocycles. The summed E-state index contributed by atoms with van der Waals surface area (Å²) in [6, 6.07) is 8.24. The normalized spacial score (nSPS) is 14.3. The molecule has 0 unspecified atom stereocenters. The summed E-state index contributed by atoms with van der Waals surface area (Å²) in [5, 5.41) is 5.17. The third-order valence-corrected chi connectivity index (χ3v) is 5.74. The zero-order valence-corrected chi connectivity index (χ0v) is 16.7. The van der Waals surface area contributed by atoms with Crippen molar-refractivity contribution >= 4 is 29.1 Å². The van der Waals surface area contributed by atoms with E-state index in [0.717, 1.165) is 48.4 Å². The number of carbonyl (C=O) groups excluding carboxylic acids is 1. The number of amides is 1. The van der Waals surface area contributed by atoms with E-state index in [4.69, 9.17) is 0 Å². The number of fused-ring (bicyclic) bond motifs is 2. The summed E-state index contributed by atoms with van der Waals surface area (Å²) in [4.78, 5) is 24.2. The van der Waals surface area contributed by atoms with Gasteiger partial charge < -0.3 is 4.90 Å². The van der Waals surface area contributed by atoms with Crippen molar-refractivity contribution in [1.82, 2.24) is 19.6 Å². The summed E-state index contributed by atoms with van der Waals surface area (Å²) in [5.41, 5.74) is 5.02. The standard InChI is InChI=1S/C20H23N5OS/c1-13-16(14(2)25-19(21-13)22-20(23-25)27-3)12-18(26)24-11-7-6-9-15-8-4-5-10-17(15)24/h4-5,8,10H,6-7,9,11-12H2,1-3H3. The van der Waals surface area contributed by atoms with Gasteiger partial charge in [-0.15, -0.1) is 5.10 Å². The van der Waals surface area contributed by atoms with Gasteiger partial charge in [0, 0.05) is 29.2 Å². The monoisotopic (exact) mass is 381 g/mol. The Morgan fingerprint density at radius 2 is 2.00 bits per heavy atom. The van der Waals surface area contributed by atoms with E-state index in [1.807, 2.05) is 37.1 Å². The molecule has 0 spiro atoms. The van der Waals surface area contributed by atoms with Crippen molar-refractivity contribution in [3.63, 3.8) is 0 Å². The van der Waals surface area contributed by atoms with Crippen LogP contribution in [0.4, 0.5) is 5.69 Å². The molecule has 0 radical (unpaired) electrons. The molecule has 4 rings (SSSR count). The lowest BCUT2D eigenvalue weighted by Crippen LogP contribution is -2.33. The maximum atomic E-state index is 13.2. The van der Waals surface area contributed by atoms with Gasteiger partial charge >= 0.3 is 0 Å². The molecular formula is C20H23N5OS. The number of anilines is 1. The summed E-state index contributed by atoms with van der Waals surface area (Å²) in [5.74, 6) is 0.701. The second-order valence-corrected chi connectivity index (χ2v) is 7.65. The van der Waals surface area contributed by atoms with Crippen LogP contribution in [0.1, 0.15) is 35.4 Å². The first-order chi connectivity index (χ1) is 13.1. The smallest absolute Gasteiger partial charge is 0.253 e. The lowest BCUT2D eigenvalue weighted by molar-refractivity contribution is -0.118. The number of para-hydroxylation sites is 1. The molecule has 6 nitrogen and oxygen atoms in total. The SMILES string of the molecule is CSc1nc2nc(C)c(CC(=O)N3CCCCc4ccccc43)c(C)n2n1.